The minimum Gasteiger partial charge on any atom is -0.677 e. The van der Waals surface area contributed by atoms with Gasteiger partial charge < -0.3 is 11.1 Å². The van der Waals surface area contributed by atoms with Crippen molar-refractivity contribution >= 4 is 0 Å². The summed E-state index contributed by atoms with van der Waals surface area (Å²) in [6, 6.07) is 0. The van der Waals surface area contributed by atoms with Gasteiger partial charge in [0.15, 0.2) is 0 Å². The zero-order valence-corrected chi connectivity index (χ0v) is 6.96. The molecule has 0 spiro atoms. The maximum Gasteiger partial charge on any atom is 2.00 e. The summed E-state index contributed by atoms with van der Waals surface area (Å²) in [5.41, 5.74) is 6.65. The number of nitrogens with one attached hydrogen (secondary N) is 1. The van der Waals surface area contributed by atoms with Gasteiger partial charge in [0.2, 0.25) is 0 Å². The Morgan fingerprint density at radius 1 is 1.57 bits per heavy atom. The molecule has 0 aromatic heterocycles. The summed E-state index contributed by atoms with van der Waals surface area (Å²) < 4.78 is 0. The molecule has 0 amide bonds. The van der Waals surface area contributed by atoms with Crippen molar-refractivity contribution in [2.24, 2.45) is 0 Å². The van der Waals surface area contributed by atoms with Crippen LogP contribution in [0.3, 0.4) is 0 Å². The fourth-order valence-electron chi connectivity index (χ4n) is 0.237. The average molecular weight is 276 g/mol. The molecule has 0 atom stereocenters. The molecule has 2 nitrogen and oxygen atoms in total. The van der Waals surface area contributed by atoms with Crippen LogP contribution in [-0.2, 0) is 19.8 Å². The van der Waals surface area contributed by atoms with Crippen LogP contribution in [-0.4, -0.2) is 20.1 Å². The summed E-state index contributed by atoms with van der Waals surface area (Å²) in [5, 5.41) is 3.81. The van der Waals surface area contributed by atoms with Crippen LogP contribution in [0.5, 0.6) is 0 Å². The molecule has 0 fully saturated rings. The molecule has 0 aliphatic carbocycles. The van der Waals surface area contributed by atoms with Crippen LogP contribution in [0.4, 0.5) is 0 Å². The fraction of sp³-hybridized carbons (Fsp3) is 1.00. The third kappa shape index (κ3) is 10.8. The molecule has 0 heterocycles. The molecule has 0 saturated heterocycles. The van der Waals surface area contributed by atoms with E-state index in [4.69, 9.17) is 5.73 Å². The third-order valence-corrected chi connectivity index (χ3v) is 0.558. The molecule has 7 heavy (non-hydrogen) atoms. The van der Waals surface area contributed by atoms with E-state index < -0.39 is 0 Å². The maximum atomic E-state index is 6.65. The topological polar surface area (TPSA) is 37.9 Å². The first-order valence-electron chi connectivity index (χ1n) is 2.12. The van der Waals surface area contributed by atoms with E-state index in [1.165, 1.54) is 0 Å². The molecule has 0 saturated carbocycles. The molecule has 0 aromatic rings. The van der Waals surface area contributed by atoms with Crippen molar-refractivity contribution in [2.75, 3.05) is 20.1 Å². The Kier molecular flexibility index (Phi) is 14.7. The fourth-order valence-corrected chi connectivity index (χ4v) is 0.237. The predicted octanol–water partition coefficient (Wildman–Crippen LogP) is 1.43. The third-order valence-electron chi connectivity index (χ3n) is 0.558. The second-order valence-corrected chi connectivity index (χ2v) is 1.14. The predicted molar refractivity (Wildman–Crippen MR) is 28.0 cm³/mol. The Morgan fingerprint density at radius 3 is 2.29 bits per heavy atom. The van der Waals surface area contributed by atoms with Crippen molar-refractivity contribution in [3.63, 3.8) is 0 Å². The van der Waals surface area contributed by atoms with Gasteiger partial charge in [-0.1, -0.05) is 6.42 Å². The van der Waals surface area contributed by atoms with Crippen LogP contribution in [0.1, 0.15) is 6.42 Å². The molecule has 0 aromatic carbocycles. The number of nitrogens with zero attached hydrogens (tertiary/aromatic N) is 1. The molecule has 3 heteroatoms. The van der Waals surface area contributed by atoms with Gasteiger partial charge in [0.05, 0.1) is 0 Å². The monoisotopic (exact) mass is 278 g/mol. The zero-order valence-electron chi connectivity index (χ0n) is 4.42. The van der Waals surface area contributed by atoms with Crippen LogP contribution in [0.15, 0.2) is 0 Å². The number of rotatable bonds is 3. The summed E-state index contributed by atoms with van der Waals surface area (Å²) in [6.07, 6.45) is 0.913. The van der Waals surface area contributed by atoms with Gasteiger partial charge in [-0.25, -0.2) is 0 Å². The summed E-state index contributed by atoms with van der Waals surface area (Å²) in [4.78, 5) is 0. The first kappa shape index (κ1) is 10.5. The van der Waals surface area contributed by atoms with Crippen LogP contribution < -0.4 is 0 Å². The van der Waals surface area contributed by atoms with Gasteiger partial charge in [0.25, 0.3) is 0 Å². The smallest absolute Gasteiger partial charge is 0.677 e. The van der Waals surface area contributed by atoms with Gasteiger partial charge in [0, 0.05) is 0 Å². The van der Waals surface area contributed by atoms with E-state index >= 15 is 0 Å². The molecule has 44 valence electrons. The molecule has 0 aliphatic rings. The molecular weight excluding hydrogens is 266 g/mol. The van der Waals surface area contributed by atoms with Gasteiger partial charge in [-0.3, -0.25) is 0 Å². The van der Waals surface area contributed by atoms with E-state index in [2.05, 4.69) is 5.32 Å². The SMILES string of the molecule is C[N-]CCC[NH-].[Os+2]. The molecule has 0 bridgehead atoms. The normalized spacial score (nSPS) is 7.71. The van der Waals surface area contributed by atoms with Crippen molar-refractivity contribution in [3.05, 3.63) is 11.1 Å². The quantitative estimate of drug-likeness (QED) is 0.700. The van der Waals surface area contributed by atoms with Crippen molar-refractivity contribution in [2.45, 2.75) is 6.42 Å². The molecule has 0 rings (SSSR count). The summed E-state index contributed by atoms with van der Waals surface area (Å²) in [5.74, 6) is 0. The van der Waals surface area contributed by atoms with E-state index in [9.17, 15) is 0 Å². The van der Waals surface area contributed by atoms with E-state index in [0.29, 0.717) is 6.54 Å². The Bertz CT molecular complexity index is 21.7. The maximum absolute atomic E-state index is 6.65. The van der Waals surface area contributed by atoms with Crippen molar-refractivity contribution in [3.8, 4) is 0 Å². The van der Waals surface area contributed by atoms with E-state index in [1.807, 2.05) is 0 Å². The summed E-state index contributed by atoms with van der Waals surface area (Å²) >= 11 is 0. The Balaban J connectivity index is 0. The van der Waals surface area contributed by atoms with Gasteiger partial charge in [-0.05, 0) is 0 Å². The summed E-state index contributed by atoms with van der Waals surface area (Å²) in [7, 11) is 1.77. The Labute approximate surface area is 57.9 Å². The molecule has 0 aliphatic heterocycles. The minimum absolute atomic E-state index is 0. The van der Waals surface area contributed by atoms with Gasteiger partial charge in [0.1, 0.15) is 0 Å². The second kappa shape index (κ2) is 9.75. The van der Waals surface area contributed by atoms with E-state index in [-0.39, 0.29) is 19.8 Å². The molecule has 1 N–H and O–H groups in total. The second-order valence-electron chi connectivity index (χ2n) is 1.14. The minimum atomic E-state index is 0. The Morgan fingerprint density at radius 2 is 2.14 bits per heavy atom. The van der Waals surface area contributed by atoms with Crippen LogP contribution in [0.25, 0.3) is 11.1 Å². The zero-order chi connectivity index (χ0) is 4.83. The van der Waals surface area contributed by atoms with Crippen LogP contribution in [0, 0.1) is 0 Å². The van der Waals surface area contributed by atoms with Crippen molar-refractivity contribution in [1.29, 1.82) is 0 Å². The van der Waals surface area contributed by atoms with Crippen LogP contribution in [0.2, 0.25) is 0 Å². The van der Waals surface area contributed by atoms with Gasteiger partial charge in [-0.2, -0.15) is 20.1 Å². The first-order valence-corrected chi connectivity index (χ1v) is 2.12. The molecular formula is C4H10N2Os. The Hall–Kier alpha value is 0.556. The standard InChI is InChI=1S/C4H10N2.Os/c1-6-4-2-3-5;/h5H,2-4H2,1H3;/q-2;+2. The van der Waals surface area contributed by atoms with E-state index in [1.54, 1.807) is 7.05 Å². The largest absolute Gasteiger partial charge is 2.00 e. The molecule has 0 unspecified atom stereocenters. The van der Waals surface area contributed by atoms with Gasteiger partial charge >= 0.3 is 19.8 Å². The number of hydrogen-bond donors (Lipinski definition) is 0. The summed E-state index contributed by atoms with van der Waals surface area (Å²) in [6.45, 7) is 1.36. The average Bonchev–Trinajstić information content (AvgIpc) is 1.61. The van der Waals surface area contributed by atoms with Gasteiger partial charge in [-0.15, -0.1) is 0 Å². The molecule has 0 radical (unpaired) electrons. The first-order chi connectivity index (χ1) is 2.91. The number of hydrogen-bond acceptors (Lipinski definition) is 0. The van der Waals surface area contributed by atoms with Crippen molar-refractivity contribution in [1.82, 2.24) is 0 Å². The van der Waals surface area contributed by atoms with Crippen molar-refractivity contribution < 1.29 is 19.8 Å². The van der Waals surface area contributed by atoms with Crippen LogP contribution >= 0.6 is 0 Å². The van der Waals surface area contributed by atoms with E-state index in [0.717, 1.165) is 13.0 Å².